The van der Waals surface area contributed by atoms with Crippen LogP contribution in [-0.4, -0.2) is 15.5 Å². The Morgan fingerprint density at radius 3 is 2.65 bits per heavy atom. The second-order valence-corrected chi connectivity index (χ2v) is 7.09. The van der Waals surface area contributed by atoms with Crippen LogP contribution in [0, 0.1) is 13.8 Å². The predicted molar refractivity (Wildman–Crippen MR) is 94.2 cm³/mol. The molecule has 0 saturated heterocycles. The van der Waals surface area contributed by atoms with Gasteiger partial charge in [0.1, 0.15) is 6.54 Å². The summed E-state index contributed by atoms with van der Waals surface area (Å²) in [6.45, 7) is 3.79. The molecular weight excluding hydrogens is 330 g/mol. The number of hydrogen-bond acceptors (Lipinski definition) is 5. The lowest BCUT2D eigenvalue weighted by Crippen LogP contribution is -2.25. The van der Waals surface area contributed by atoms with Crippen LogP contribution in [0.15, 0.2) is 40.5 Å². The first-order valence-electron chi connectivity index (χ1n) is 7.02. The fourth-order valence-electron chi connectivity index (χ4n) is 2.21. The lowest BCUT2D eigenvalue weighted by Gasteiger charge is -2.04. The van der Waals surface area contributed by atoms with Crippen LogP contribution in [0.25, 0.3) is 11.3 Å². The number of nitrogens with zero attached hydrogens (tertiary/aromatic N) is 2. The number of carbonyl (C=O) groups is 1. The number of anilines is 1. The molecule has 118 valence electrons. The number of aryl methyl sites for hydroxylation is 2. The van der Waals surface area contributed by atoms with E-state index in [1.165, 1.54) is 15.9 Å². The minimum absolute atomic E-state index is 0.00741. The smallest absolute Gasteiger partial charge is 0.300 e. The van der Waals surface area contributed by atoms with E-state index in [9.17, 15) is 9.59 Å². The van der Waals surface area contributed by atoms with Crippen molar-refractivity contribution >= 4 is 33.7 Å². The Balaban J connectivity index is 1.76. The maximum Gasteiger partial charge on any atom is 0.307 e. The van der Waals surface area contributed by atoms with Crippen LogP contribution in [0.2, 0.25) is 0 Å². The molecule has 3 rings (SSSR count). The van der Waals surface area contributed by atoms with E-state index in [0.717, 1.165) is 33.2 Å². The fraction of sp³-hybridized carbons (Fsp3) is 0.188. The van der Waals surface area contributed by atoms with Crippen molar-refractivity contribution in [3.05, 3.63) is 56.0 Å². The summed E-state index contributed by atoms with van der Waals surface area (Å²) < 4.78 is 1.46. The van der Waals surface area contributed by atoms with E-state index in [1.807, 2.05) is 44.2 Å². The van der Waals surface area contributed by atoms with Crippen LogP contribution >= 0.6 is 22.7 Å². The largest absolute Gasteiger partial charge is 0.307 e. The van der Waals surface area contributed by atoms with Crippen LogP contribution in [0.3, 0.4) is 0 Å². The van der Waals surface area contributed by atoms with Crippen molar-refractivity contribution in [2.45, 2.75) is 20.4 Å². The molecule has 0 aliphatic carbocycles. The molecule has 1 aromatic carbocycles. The van der Waals surface area contributed by atoms with E-state index >= 15 is 0 Å². The van der Waals surface area contributed by atoms with Crippen LogP contribution in [-0.2, 0) is 11.3 Å². The summed E-state index contributed by atoms with van der Waals surface area (Å²) >= 11 is 2.53. The van der Waals surface area contributed by atoms with Gasteiger partial charge in [-0.15, -0.1) is 11.3 Å². The number of amides is 1. The highest BCUT2D eigenvalue weighted by molar-refractivity contribution is 7.16. The van der Waals surface area contributed by atoms with E-state index in [1.54, 1.807) is 5.38 Å². The Bertz CT molecular complexity index is 894. The van der Waals surface area contributed by atoms with Crippen molar-refractivity contribution < 1.29 is 4.79 Å². The maximum absolute atomic E-state index is 12.1. The van der Waals surface area contributed by atoms with Gasteiger partial charge in [-0.1, -0.05) is 41.7 Å². The molecule has 0 spiro atoms. The zero-order chi connectivity index (χ0) is 16.4. The molecule has 1 amide bonds. The monoisotopic (exact) mass is 345 g/mol. The van der Waals surface area contributed by atoms with Crippen molar-refractivity contribution in [1.29, 1.82) is 0 Å². The summed E-state index contributed by atoms with van der Waals surface area (Å²) in [7, 11) is 0. The van der Waals surface area contributed by atoms with Gasteiger partial charge in [0.2, 0.25) is 5.91 Å². The number of aromatic nitrogens is 2. The Morgan fingerprint density at radius 2 is 2.00 bits per heavy atom. The van der Waals surface area contributed by atoms with E-state index in [-0.39, 0.29) is 17.3 Å². The van der Waals surface area contributed by atoms with Gasteiger partial charge in [-0.25, -0.2) is 4.98 Å². The molecule has 0 fully saturated rings. The summed E-state index contributed by atoms with van der Waals surface area (Å²) in [4.78, 5) is 29.2. The maximum atomic E-state index is 12.1. The van der Waals surface area contributed by atoms with Crippen LogP contribution in [0.1, 0.15) is 10.6 Å². The first-order chi connectivity index (χ1) is 11.0. The van der Waals surface area contributed by atoms with E-state index in [4.69, 9.17) is 0 Å². The summed E-state index contributed by atoms with van der Waals surface area (Å²) in [6.07, 6.45) is 0. The minimum atomic E-state index is -0.248. The molecule has 2 heterocycles. The second-order valence-electron chi connectivity index (χ2n) is 5.07. The number of nitrogens with one attached hydrogen (secondary N) is 1. The molecular formula is C16H15N3O2S2. The Morgan fingerprint density at radius 1 is 1.26 bits per heavy atom. The first-order valence-corrected chi connectivity index (χ1v) is 8.72. The van der Waals surface area contributed by atoms with Gasteiger partial charge >= 0.3 is 4.87 Å². The molecule has 0 radical (unpaired) electrons. The minimum Gasteiger partial charge on any atom is -0.300 e. The number of rotatable bonds is 4. The standard InChI is InChI=1S/C16H15N3O2S2/c1-10-9-22-16(21)19(10)8-13(20)17-15-18-14(11(2)23-15)12-6-4-3-5-7-12/h3-7,9H,8H2,1-2H3,(H,17,18,20). The predicted octanol–water partition coefficient (Wildman–Crippen LogP) is 3.29. The van der Waals surface area contributed by atoms with Gasteiger partial charge < -0.3 is 5.32 Å². The van der Waals surface area contributed by atoms with Crippen LogP contribution < -0.4 is 10.2 Å². The van der Waals surface area contributed by atoms with Gasteiger partial charge in [-0.05, 0) is 13.8 Å². The molecule has 1 N–H and O–H groups in total. The summed E-state index contributed by atoms with van der Waals surface area (Å²) in [5, 5.41) is 5.07. The van der Waals surface area contributed by atoms with Crippen molar-refractivity contribution in [3.63, 3.8) is 0 Å². The normalized spacial score (nSPS) is 10.7. The van der Waals surface area contributed by atoms with Crippen LogP contribution in [0.4, 0.5) is 5.13 Å². The number of hydrogen-bond donors (Lipinski definition) is 1. The molecule has 0 atom stereocenters. The number of carbonyl (C=O) groups excluding carboxylic acids is 1. The topological polar surface area (TPSA) is 64.0 Å². The highest BCUT2D eigenvalue weighted by atomic mass is 32.1. The first kappa shape index (κ1) is 15.6. The highest BCUT2D eigenvalue weighted by Crippen LogP contribution is 2.30. The van der Waals surface area contributed by atoms with E-state index in [2.05, 4.69) is 10.3 Å². The Kier molecular flexibility index (Phi) is 4.40. The molecule has 0 unspecified atom stereocenters. The molecule has 23 heavy (non-hydrogen) atoms. The van der Waals surface area contributed by atoms with Crippen molar-refractivity contribution in [2.24, 2.45) is 0 Å². The SMILES string of the molecule is Cc1sc(NC(=O)Cn2c(C)csc2=O)nc1-c1ccccc1. The molecule has 0 saturated carbocycles. The number of benzene rings is 1. The zero-order valence-corrected chi connectivity index (χ0v) is 14.3. The van der Waals surface area contributed by atoms with Crippen molar-refractivity contribution in [1.82, 2.24) is 9.55 Å². The lowest BCUT2D eigenvalue weighted by molar-refractivity contribution is -0.116. The van der Waals surface area contributed by atoms with Gasteiger partial charge in [-0.2, -0.15) is 0 Å². The fourth-order valence-corrected chi connectivity index (χ4v) is 3.80. The molecule has 2 aromatic heterocycles. The summed E-state index contributed by atoms with van der Waals surface area (Å²) in [6, 6.07) is 9.84. The molecule has 3 aromatic rings. The van der Waals surface area contributed by atoms with Crippen LogP contribution in [0.5, 0.6) is 0 Å². The van der Waals surface area contributed by atoms with Gasteiger partial charge in [-0.3, -0.25) is 14.2 Å². The molecule has 0 aliphatic heterocycles. The quantitative estimate of drug-likeness (QED) is 0.789. The van der Waals surface area contributed by atoms with Gasteiger partial charge in [0.05, 0.1) is 5.69 Å². The van der Waals surface area contributed by atoms with E-state index < -0.39 is 0 Å². The van der Waals surface area contributed by atoms with Gasteiger partial charge in [0.15, 0.2) is 5.13 Å². The zero-order valence-electron chi connectivity index (χ0n) is 12.7. The third kappa shape index (κ3) is 3.40. The van der Waals surface area contributed by atoms with Gasteiger partial charge in [0, 0.05) is 21.5 Å². The highest BCUT2D eigenvalue weighted by Gasteiger charge is 2.13. The molecule has 0 bridgehead atoms. The molecule has 7 heteroatoms. The Hall–Kier alpha value is -2.25. The molecule has 0 aliphatic rings. The van der Waals surface area contributed by atoms with Crippen molar-refractivity contribution in [3.8, 4) is 11.3 Å². The van der Waals surface area contributed by atoms with E-state index in [0.29, 0.717) is 5.13 Å². The second kappa shape index (κ2) is 6.47. The Labute approximate surface area is 141 Å². The average molecular weight is 345 g/mol. The third-order valence-electron chi connectivity index (χ3n) is 3.37. The summed E-state index contributed by atoms with van der Waals surface area (Å²) in [5.74, 6) is -0.248. The average Bonchev–Trinajstić information content (AvgIpc) is 3.05. The van der Waals surface area contributed by atoms with Gasteiger partial charge in [0.25, 0.3) is 0 Å². The molecule has 5 nitrogen and oxygen atoms in total. The summed E-state index contributed by atoms with van der Waals surface area (Å²) in [5.41, 5.74) is 2.68. The third-order valence-corrected chi connectivity index (χ3v) is 5.14. The number of thiazole rings is 2. The van der Waals surface area contributed by atoms with Crippen molar-refractivity contribution in [2.75, 3.05) is 5.32 Å². The lowest BCUT2D eigenvalue weighted by atomic mass is 10.1.